The largest absolute Gasteiger partial charge is 0.354 e. The highest BCUT2D eigenvalue weighted by molar-refractivity contribution is 7.89. The number of aromatic nitrogens is 3. The van der Waals surface area contributed by atoms with Gasteiger partial charge in [0.1, 0.15) is 5.69 Å². The summed E-state index contributed by atoms with van der Waals surface area (Å²) in [6.45, 7) is 2.86. The van der Waals surface area contributed by atoms with Crippen LogP contribution in [-0.4, -0.2) is 90.7 Å². The Morgan fingerprint density at radius 3 is 2.71 bits per heavy atom. The van der Waals surface area contributed by atoms with E-state index in [4.69, 9.17) is 0 Å². The van der Waals surface area contributed by atoms with Gasteiger partial charge in [0.2, 0.25) is 5.91 Å². The van der Waals surface area contributed by atoms with Crippen LogP contribution in [0.25, 0.3) is 10.9 Å². The van der Waals surface area contributed by atoms with Crippen molar-refractivity contribution in [1.29, 1.82) is 0 Å². The maximum atomic E-state index is 13.1. The van der Waals surface area contributed by atoms with E-state index >= 15 is 0 Å². The van der Waals surface area contributed by atoms with Crippen molar-refractivity contribution in [3.63, 3.8) is 0 Å². The van der Waals surface area contributed by atoms with Crippen molar-refractivity contribution in [1.82, 2.24) is 34.8 Å². The summed E-state index contributed by atoms with van der Waals surface area (Å²) in [6.07, 6.45) is 3.85. The minimum absolute atomic E-state index is 0.0598. The van der Waals surface area contributed by atoms with Crippen molar-refractivity contribution in [3.8, 4) is 0 Å². The Labute approximate surface area is 204 Å². The number of carbonyl (C=O) groups is 2. The molecule has 1 aliphatic rings. The fourth-order valence-electron chi connectivity index (χ4n) is 4.08. The number of hydrogen-bond acceptors (Lipinski definition) is 7. The molecule has 1 fully saturated rings. The zero-order valence-corrected chi connectivity index (χ0v) is 20.7. The molecule has 186 valence electrons. The number of likely N-dealkylation sites (N-methyl/N-ethyl adjacent to an activating group) is 1. The van der Waals surface area contributed by atoms with Crippen molar-refractivity contribution in [3.05, 3.63) is 54.1 Å². The third-order valence-corrected chi connectivity index (χ3v) is 7.68. The van der Waals surface area contributed by atoms with Gasteiger partial charge in [-0.25, -0.2) is 13.4 Å². The van der Waals surface area contributed by atoms with Gasteiger partial charge >= 0.3 is 0 Å². The average Bonchev–Trinajstić information content (AvgIpc) is 3.44. The maximum absolute atomic E-state index is 13.1. The highest BCUT2D eigenvalue weighted by Gasteiger charge is 2.44. The molecule has 1 saturated heterocycles. The summed E-state index contributed by atoms with van der Waals surface area (Å²) in [5.74, 6) is -1.49. The Balaban J connectivity index is 1.55. The van der Waals surface area contributed by atoms with Crippen LogP contribution in [0.3, 0.4) is 0 Å². The molecule has 1 aromatic carbocycles. The number of nitrogens with one attached hydrogen (secondary N) is 3. The lowest BCUT2D eigenvalue weighted by molar-refractivity contribution is -0.125. The quantitative estimate of drug-likeness (QED) is 0.407. The highest BCUT2D eigenvalue weighted by Crippen LogP contribution is 2.25. The lowest BCUT2D eigenvalue weighted by Gasteiger charge is -2.19. The maximum Gasteiger partial charge on any atom is 0.268 e. The first-order chi connectivity index (χ1) is 16.6. The second-order valence-corrected chi connectivity index (χ2v) is 10.8. The molecule has 0 unspecified atom stereocenters. The van der Waals surface area contributed by atoms with Crippen LogP contribution in [0.1, 0.15) is 16.1 Å². The number of nitrogens with zero attached hydrogens (tertiary/aromatic N) is 4. The zero-order chi connectivity index (χ0) is 25.2. The lowest BCUT2D eigenvalue weighted by Crippen LogP contribution is -2.47. The van der Waals surface area contributed by atoms with Crippen LogP contribution in [0.2, 0.25) is 0 Å². The van der Waals surface area contributed by atoms with Gasteiger partial charge in [0, 0.05) is 49.5 Å². The molecule has 3 N–H and O–H groups in total. The molecule has 0 aliphatic carbocycles. The van der Waals surface area contributed by atoms with Crippen molar-refractivity contribution >= 4 is 32.7 Å². The van der Waals surface area contributed by atoms with Gasteiger partial charge in [-0.1, -0.05) is 11.6 Å². The van der Waals surface area contributed by atoms with Crippen LogP contribution in [0.15, 0.2) is 47.9 Å². The minimum Gasteiger partial charge on any atom is -0.354 e. The van der Waals surface area contributed by atoms with Gasteiger partial charge in [0.25, 0.3) is 15.9 Å². The van der Waals surface area contributed by atoms with E-state index in [1.165, 1.54) is 22.9 Å². The third kappa shape index (κ3) is 5.50. The lowest BCUT2D eigenvalue weighted by atomic mass is 10.0. The van der Waals surface area contributed by atoms with Crippen LogP contribution < -0.4 is 10.6 Å². The van der Waals surface area contributed by atoms with Gasteiger partial charge in [-0.2, -0.15) is 4.31 Å². The van der Waals surface area contributed by atoms with E-state index in [0.29, 0.717) is 18.8 Å². The predicted octanol–water partition coefficient (Wildman–Crippen LogP) is 0.363. The van der Waals surface area contributed by atoms with E-state index in [0.717, 1.165) is 16.5 Å². The minimum atomic E-state index is -3.99. The van der Waals surface area contributed by atoms with Crippen LogP contribution in [0.5, 0.6) is 0 Å². The molecule has 3 heterocycles. The first-order valence-corrected chi connectivity index (χ1v) is 12.7. The molecule has 35 heavy (non-hydrogen) atoms. The molecule has 2 amide bonds. The van der Waals surface area contributed by atoms with Crippen molar-refractivity contribution in [2.75, 3.05) is 40.3 Å². The molecular formula is C23H29N7O4S. The third-order valence-electron chi connectivity index (χ3n) is 5.96. The average molecular weight is 500 g/mol. The molecule has 0 radical (unpaired) electrons. The molecule has 1 aliphatic heterocycles. The monoisotopic (exact) mass is 499 g/mol. The Morgan fingerprint density at radius 1 is 1.20 bits per heavy atom. The number of rotatable bonds is 8. The van der Waals surface area contributed by atoms with E-state index in [9.17, 15) is 18.0 Å². The van der Waals surface area contributed by atoms with Crippen LogP contribution >= 0.6 is 0 Å². The Hall–Kier alpha value is -3.35. The molecule has 12 heteroatoms. The van der Waals surface area contributed by atoms with Crippen molar-refractivity contribution < 1.29 is 18.0 Å². The van der Waals surface area contributed by atoms with Gasteiger partial charge in [0.05, 0.1) is 18.2 Å². The van der Waals surface area contributed by atoms with Crippen molar-refractivity contribution in [2.24, 2.45) is 5.92 Å². The van der Waals surface area contributed by atoms with Gasteiger partial charge in [-0.05, 0) is 39.2 Å². The Bertz CT molecular complexity index is 1320. The fourth-order valence-corrected chi connectivity index (χ4v) is 5.45. The molecule has 0 saturated carbocycles. The number of H-pyrrole nitrogens is 1. The molecule has 4 rings (SSSR count). The molecule has 0 spiro atoms. The summed E-state index contributed by atoms with van der Waals surface area (Å²) in [4.78, 5) is 38.8. The Morgan fingerprint density at radius 2 is 2.00 bits per heavy atom. The first-order valence-electron chi connectivity index (χ1n) is 11.2. The summed E-state index contributed by atoms with van der Waals surface area (Å²) in [5.41, 5.74) is 2.23. The molecule has 2 atom stereocenters. The summed E-state index contributed by atoms with van der Waals surface area (Å²) in [7, 11) is -0.204. The van der Waals surface area contributed by atoms with Gasteiger partial charge in [-0.3, -0.25) is 14.6 Å². The second kappa shape index (κ2) is 10.1. The smallest absolute Gasteiger partial charge is 0.268 e. The molecule has 0 bridgehead atoms. The van der Waals surface area contributed by atoms with Gasteiger partial charge < -0.3 is 20.5 Å². The van der Waals surface area contributed by atoms with Gasteiger partial charge in [-0.15, -0.1) is 0 Å². The van der Waals surface area contributed by atoms with Gasteiger partial charge in [0.15, 0.2) is 5.03 Å². The number of fused-ring (bicyclic) bond motifs is 1. The number of aryl methyl sites for hydroxylation is 1. The standard InChI is InChI=1S/C23H29N7O4S/c1-15-4-5-18-16(10-15)11-19(27-18)23(32)28-20-14-30(35(33,34)21-12-24-6-7-25-21)13-17(20)22(31)26-8-9-29(2)3/h4-7,10-12,17,20,27H,8-9,13-14H2,1-3H3,(H,26,31)(H,28,32)/t17-,20-/m0/s1. The Kier molecular flexibility index (Phi) is 7.15. The summed E-state index contributed by atoms with van der Waals surface area (Å²) >= 11 is 0. The number of benzene rings is 1. The molecule has 11 nitrogen and oxygen atoms in total. The predicted molar refractivity (Wildman–Crippen MR) is 130 cm³/mol. The summed E-state index contributed by atoms with van der Waals surface area (Å²) < 4.78 is 27.4. The molecule has 3 aromatic rings. The van der Waals surface area contributed by atoms with Crippen molar-refractivity contribution in [2.45, 2.75) is 18.0 Å². The second-order valence-electron chi connectivity index (χ2n) is 8.92. The van der Waals surface area contributed by atoms with E-state index in [-0.39, 0.29) is 24.0 Å². The number of carbonyl (C=O) groups excluding carboxylic acids is 2. The zero-order valence-electron chi connectivity index (χ0n) is 19.9. The summed E-state index contributed by atoms with van der Waals surface area (Å²) in [5, 5.41) is 6.41. The number of amides is 2. The SMILES string of the molecule is Cc1ccc2[nH]c(C(=O)N[C@H]3CN(S(=O)(=O)c4cnccn4)C[C@@H]3C(=O)NCCN(C)C)cc2c1. The normalized spacial score (nSPS) is 18.7. The van der Waals surface area contributed by atoms with Crippen LogP contribution in [0.4, 0.5) is 0 Å². The van der Waals surface area contributed by atoms with Crippen LogP contribution in [-0.2, 0) is 14.8 Å². The number of hydrogen-bond donors (Lipinski definition) is 3. The summed E-state index contributed by atoms with van der Waals surface area (Å²) in [6, 6.07) is 6.83. The van der Waals surface area contributed by atoms with E-state index < -0.39 is 27.9 Å². The van der Waals surface area contributed by atoms with E-state index in [1.54, 1.807) is 6.07 Å². The number of sulfonamides is 1. The molecular weight excluding hydrogens is 470 g/mol. The number of aromatic amines is 1. The van der Waals surface area contributed by atoms with E-state index in [1.807, 2.05) is 44.1 Å². The van der Waals surface area contributed by atoms with Crippen LogP contribution in [0, 0.1) is 12.8 Å². The topological polar surface area (TPSA) is 140 Å². The first kappa shape index (κ1) is 24.8. The fraction of sp³-hybridized carbons (Fsp3) is 0.391. The highest BCUT2D eigenvalue weighted by atomic mass is 32.2. The molecule has 2 aromatic heterocycles. The van der Waals surface area contributed by atoms with E-state index in [2.05, 4.69) is 25.6 Å².